The molecule has 194 valence electrons. The number of nitrogens with one attached hydrogen (secondary N) is 3. The molecule has 1 saturated carbocycles. The summed E-state index contributed by atoms with van der Waals surface area (Å²) in [5, 5.41) is 10.5. The maximum Gasteiger partial charge on any atom is 0.238 e. The van der Waals surface area contributed by atoms with E-state index >= 15 is 0 Å². The molecular formula is C28H44N4OS2. The van der Waals surface area contributed by atoms with Crippen molar-refractivity contribution < 1.29 is 4.79 Å². The molecule has 1 amide bonds. The van der Waals surface area contributed by atoms with Gasteiger partial charge in [0.15, 0.2) is 0 Å². The Morgan fingerprint density at radius 2 is 1.86 bits per heavy atom. The number of carbonyl (C=O) groups excluding carboxylic acids is 1. The third-order valence-corrected chi connectivity index (χ3v) is 9.60. The predicted molar refractivity (Wildman–Crippen MR) is 152 cm³/mol. The van der Waals surface area contributed by atoms with Gasteiger partial charge in [-0.25, -0.2) is 0 Å². The molecule has 3 fully saturated rings. The molecule has 2 aliphatic heterocycles. The van der Waals surface area contributed by atoms with Crippen molar-refractivity contribution in [2.45, 2.75) is 101 Å². The van der Waals surface area contributed by atoms with Crippen molar-refractivity contribution in [3.05, 3.63) is 35.9 Å². The van der Waals surface area contributed by atoms with E-state index in [1.165, 1.54) is 37.7 Å². The molecule has 5 nitrogen and oxygen atoms in total. The lowest BCUT2D eigenvalue weighted by Crippen LogP contribution is -2.55. The first kappa shape index (κ1) is 26.9. The van der Waals surface area contributed by atoms with E-state index < -0.39 is 0 Å². The minimum Gasteiger partial charge on any atom is -0.375 e. The molecule has 1 aromatic rings. The number of thioether (sulfide) groups is 1. The Morgan fingerprint density at radius 1 is 1.14 bits per heavy atom. The monoisotopic (exact) mass is 516 g/mol. The minimum atomic E-state index is -0.142. The highest BCUT2D eigenvalue weighted by Crippen LogP contribution is 2.30. The summed E-state index contributed by atoms with van der Waals surface area (Å²) in [6, 6.07) is 10.9. The zero-order valence-electron chi connectivity index (χ0n) is 21.6. The molecule has 1 aromatic carbocycles. The van der Waals surface area contributed by atoms with Crippen LogP contribution in [0.25, 0.3) is 0 Å². The highest BCUT2D eigenvalue weighted by atomic mass is 32.2. The molecule has 0 bridgehead atoms. The van der Waals surface area contributed by atoms with Gasteiger partial charge in [-0.3, -0.25) is 15.0 Å². The number of rotatable bonds is 9. The number of hydrogen-bond donors (Lipinski definition) is 3. The number of benzene rings is 1. The second kappa shape index (κ2) is 12.9. The summed E-state index contributed by atoms with van der Waals surface area (Å²) in [5.41, 5.74) is 1.38. The molecular weight excluding hydrogens is 472 g/mol. The second-order valence-electron chi connectivity index (χ2n) is 11.2. The summed E-state index contributed by atoms with van der Waals surface area (Å²) < 4.78 is 0. The number of nitrogens with zero attached hydrogens (tertiary/aromatic N) is 1. The van der Waals surface area contributed by atoms with Crippen molar-refractivity contribution in [1.82, 2.24) is 20.9 Å². The molecule has 0 radical (unpaired) electrons. The minimum absolute atomic E-state index is 0.0495. The molecule has 4 rings (SSSR count). The van der Waals surface area contributed by atoms with Crippen LogP contribution in [0.1, 0.15) is 77.2 Å². The summed E-state index contributed by atoms with van der Waals surface area (Å²) in [6.07, 6.45) is 11.0. The molecule has 35 heavy (non-hydrogen) atoms. The highest BCUT2D eigenvalue weighted by Gasteiger charge is 2.36. The number of piperidine rings is 1. The number of thiocarbonyl (C=S) groups is 1. The first-order valence-corrected chi connectivity index (χ1v) is 15.1. The maximum atomic E-state index is 13.1. The Hall–Kier alpha value is -1.15. The van der Waals surface area contributed by atoms with Crippen LogP contribution in [0, 0.1) is 5.92 Å². The molecule has 0 unspecified atom stereocenters. The van der Waals surface area contributed by atoms with E-state index in [0.29, 0.717) is 6.04 Å². The highest BCUT2D eigenvalue weighted by molar-refractivity contribution is 8.00. The van der Waals surface area contributed by atoms with E-state index in [9.17, 15) is 4.79 Å². The van der Waals surface area contributed by atoms with Crippen molar-refractivity contribution in [2.75, 3.05) is 18.8 Å². The molecule has 7 heteroatoms. The first-order valence-electron chi connectivity index (χ1n) is 13.7. The van der Waals surface area contributed by atoms with Gasteiger partial charge in [0.1, 0.15) is 0 Å². The molecule has 0 spiro atoms. The second-order valence-corrected chi connectivity index (χ2v) is 13.3. The van der Waals surface area contributed by atoms with Crippen LogP contribution in [0.3, 0.4) is 0 Å². The van der Waals surface area contributed by atoms with Crippen molar-refractivity contribution in [2.24, 2.45) is 5.92 Å². The van der Waals surface area contributed by atoms with Crippen molar-refractivity contribution in [1.29, 1.82) is 0 Å². The Morgan fingerprint density at radius 3 is 2.51 bits per heavy atom. The molecule has 2 saturated heterocycles. The predicted octanol–water partition coefficient (Wildman–Crippen LogP) is 4.85. The van der Waals surface area contributed by atoms with E-state index in [4.69, 9.17) is 12.2 Å². The van der Waals surface area contributed by atoms with Crippen molar-refractivity contribution in [3.63, 3.8) is 0 Å². The number of amides is 1. The fourth-order valence-electron chi connectivity index (χ4n) is 5.73. The number of hydrogen-bond acceptors (Lipinski definition) is 5. The number of carbonyl (C=O) groups is 1. The SMILES string of the molecule is CC1(C)N[C@H](C(=O)N[C@H](CCC2CCCCC2)C(=S)NC2CCN(Cc3ccccc3)CC2)CS1. The number of likely N-dealkylation sites (tertiary alicyclic amines) is 1. The zero-order valence-corrected chi connectivity index (χ0v) is 23.2. The van der Waals surface area contributed by atoms with Gasteiger partial charge in [-0.2, -0.15) is 0 Å². The van der Waals surface area contributed by atoms with Crippen molar-refractivity contribution in [3.8, 4) is 0 Å². The molecule has 3 N–H and O–H groups in total. The quantitative estimate of drug-likeness (QED) is 0.408. The smallest absolute Gasteiger partial charge is 0.238 e. The van der Waals surface area contributed by atoms with E-state index in [-0.39, 0.29) is 22.9 Å². The van der Waals surface area contributed by atoms with Crippen LogP contribution in [0.15, 0.2) is 30.3 Å². The Bertz CT molecular complexity index is 820. The average Bonchev–Trinajstić information content (AvgIpc) is 3.24. The van der Waals surface area contributed by atoms with Crippen LogP contribution in [0.5, 0.6) is 0 Å². The van der Waals surface area contributed by atoms with Crippen LogP contribution >= 0.6 is 24.0 Å². The third kappa shape index (κ3) is 8.44. The Labute approximate surface area is 221 Å². The zero-order chi connectivity index (χ0) is 24.7. The summed E-state index contributed by atoms with van der Waals surface area (Å²) in [5.74, 6) is 1.69. The standard InChI is InChI=1S/C28H44N4OS2/c1-28(2)31-25(20-35-28)26(33)30-24(14-13-21-9-5-3-6-10-21)27(34)29-23-15-17-32(18-16-23)19-22-11-7-4-8-12-22/h4,7-8,11-12,21,23-25,31H,3,5-6,9-10,13-20H2,1-2H3,(H,29,34)(H,30,33)/t24-,25+/m1/s1. The summed E-state index contributed by atoms with van der Waals surface area (Å²) in [7, 11) is 0. The largest absolute Gasteiger partial charge is 0.375 e. The van der Waals surface area contributed by atoms with Crippen LogP contribution in [0.2, 0.25) is 0 Å². The lowest BCUT2D eigenvalue weighted by Gasteiger charge is -2.34. The fraction of sp³-hybridized carbons (Fsp3) is 0.714. The van der Waals surface area contributed by atoms with Gasteiger partial charge in [0.05, 0.1) is 21.9 Å². The molecule has 3 aliphatic rings. The van der Waals surface area contributed by atoms with E-state index in [1.807, 2.05) is 11.8 Å². The fourth-order valence-corrected chi connectivity index (χ4v) is 7.12. The van der Waals surface area contributed by atoms with Crippen LogP contribution in [-0.4, -0.2) is 57.6 Å². The van der Waals surface area contributed by atoms with Gasteiger partial charge < -0.3 is 10.6 Å². The maximum absolute atomic E-state index is 13.1. The lowest BCUT2D eigenvalue weighted by molar-refractivity contribution is -0.123. The normalized spacial score (nSPS) is 24.7. The van der Waals surface area contributed by atoms with Gasteiger partial charge in [0.25, 0.3) is 0 Å². The molecule has 2 atom stereocenters. The third-order valence-electron chi connectivity index (χ3n) is 7.85. The topological polar surface area (TPSA) is 56.4 Å². The van der Waals surface area contributed by atoms with Gasteiger partial charge in [-0.1, -0.05) is 74.7 Å². The van der Waals surface area contributed by atoms with E-state index in [2.05, 4.69) is 65.0 Å². The van der Waals surface area contributed by atoms with Crippen molar-refractivity contribution >= 4 is 34.9 Å². The Kier molecular flexibility index (Phi) is 9.91. The van der Waals surface area contributed by atoms with Gasteiger partial charge in [-0.05, 0) is 51.0 Å². The first-order chi connectivity index (χ1) is 16.9. The van der Waals surface area contributed by atoms with E-state index in [1.54, 1.807) is 0 Å². The Balaban J connectivity index is 1.28. The van der Waals surface area contributed by atoms with Crippen LogP contribution in [-0.2, 0) is 11.3 Å². The van der Waals surface area contributed by atoms with Gasteiger partial charge in [0.2, 0.25) is 5.91 Å². The average molecular weight is 517 g/mol. The molecule has 1 aliphatic carbocycles. The van der Waals surface area contributed by atoms with Gasteiger partial charge in [-0.15, -0.1) is 11.8 Å². The lowest BCUT2D eigenvalue weighted by atomic mass is 9.85. The molecule has 0 aromatic heterocycles. The summed E-state index contributed by atoms with van der Waals surface area (Å²) >= 11 is 7.74. The van der Waals surface area contributed by atoms with Crippen LogP contribution < -0.4 is 16.0 Å². The molecule has 2 heterocycles. The summed E-state index contributed by atoms with van der Waals surface area (Å²) in [6.45, 7) is 7.45. The van der Waals surface area contributed by atoms with Crippen LogP contribution in [0.4, 0.5) is 0 Å². The van der Waals surface area contributed by atoms with E-state index in [0.717, 1.165) is 62.0 Å². The summed E-state index contributed by atoms with van der Waals surface area (Å²) in [4.78, 5) is 16.4. The van der Waals surface area contributed by atoms with Gasteiger partial charge >= 0.3 is 0 Å². The van der Waals surface area contributed by atoms with Gasteiger partial charge in [0, 0.05) is 31.4 Å².